The van der Waals surface area contributed by atoms with E-state index in [2.05, 4.69) is 56.1 Å². The molecule has 0 unspecified atom stereocenters. The van der Waals surface area contributed by atoms with Crippen LogP contribution in [0.4, 0.5) is 0 Å². The van der Waals surface area contributed by atoms with E-state index in [9.17, 15) is 0 Å². The Balaban J connectivity index is 2.28. The van der Waals surface area contributed by atoms with E-state index in [4.69, 9.17) is 5.73 Å². The molecule has 1 aromatic carbocycles. The first-order chi connectivity index (χ1) is 8.13. The highest BCUT2D eigenvalue weighted by Gasteiger charge is 2.12. The molecule has 2 N–H and O–H groups in total. The van der Waals surface area contributed by atoms with Gasteiger partial charge in [-0.05, 0) is 24.9 Å². The Labute approximate surface area is 106 Å². The van der Waals surface area contributed by atoms with Gasteiger partial charge in [0, 0.05) is 19.1 Å². The van der Waals surface area contributed by atoms with Crippen LogP contribution in [0, 0.1) is 5.92 Å². The van der Waals surface area contributed by atoms with Crippen molar-refractivity contribution in [2.75, 3.05) is 20.1 Å². The lowest BCUT2D eigenvalue weighted by atomic mass is 10.00. The van der Waals surface area contributed by atoms with Crippen LogP contribution in [0.15, 0.2) is 30.3 Å². The minimum absolute atomic E-state index is 0.292. The lowest BCUT2D eigenvalue weighted by molar-refractivity contribution is 0.276. The molecule has 0 radical (unpaired) electrons. The van der Waals surface area contributed by atoms with E-state index < -0.39 is 0 Å². The standard InChI is InChI=1S/C15H26N2/c1-4-13(2)15(16)12-17(3)11-10-14-8-6-5-7-9-14/h5-9,13,15H,4,10-12,16H2,1-3H3/t13-,15-/m0/s1. The quantitative estimate of drug-likeness (QED) is 0.785. The third-order valence-corrected chi connectivity index (χ3v) is 3.52. The van der Waals surface area contributed by atoms with Crippen molar-refractivity contribution in [2.45, 2.75) is 32.7 Å². The van der Waals surface area contributed by atoms with Crippen LogP contribution in [0.25, 0.3) is 0 Å². The van der Waals surface area contributed by atoms with Crippen LogP contribution in [0.5, 0.6) is 0 Å². The highest BCUT2D eigenvalue weighted by molar-refractivity contribution is 5.14. The fraction of sp³-hybridized carbons (Fsp3) is 0.600. The Morgan fingerprint density at radius 2 is 1.88 bits per heavy atom. The van der Waals surface area contributed by atoms with Crippen LogP contribution in [-0.2, 0) is 6.42 Å². The van der Waals surface area contributed by atoms with Crippen LogP contribution in [0.2, 0.25) is 0 Å². The first-order valence-corrected chi connectivity index (χ1v) is 6.61. The maximum Gasteiger partial charge on any atom is 0.0193 e. The third kappa shape index (κ3) is 5.33. The molecule has 17 heavy (non-hydrogen) atoms. The van der Waals surface area contributed by atoms with Gasteiger partial charge in [0.15, 0.2) is 0 Å². The molecule has 0 bridgehead atoms. The summed E-state index contributed by atoms with van der Waals surface area (Å²) in [6.07, 6.45) is 2.26. The highest BCUT2D eigenvalue weighted by atomic mass is 15.1. The van der Waals surface area contributed by atoms with E-state index in [1.807, 2.05) is 0 Å². The van der Waals surface area contributed by atoms with Gasteiger partial charge in [0.2, 0.25) is 0 Å². The van der Waals surface area contributed by atoms with E-state index in [1.165, 1.54) is 5.56 Å². The van der Waals surface area contributed by atoms with Crippen molar-refractivity contribution in [3.05, 3.63) is 35.9 Å². The second-order valence-corrected chi connectivity index (χ2v) is 5.05. The van der Waals surface area contributed by atoms with Gasteiger partial charge in [0.25, 0.3) is 0 Å². The Morgan fingerprint density at radius 1 is 1.24 bits per heavy atom. The summed E-state index contributed by atoms with van der Waals surface area (Å²) in [7, 11) is 2.16. The summed E-state index contributed by atoms with van der Waals surface area (Å²) in [4.78, 5) is 2.34. The van der Waals surface area contributed by atoms with Crippen molar-refractivity contribution in [3.63, 3.8) is 0 Å². The molecule has 0 heterocycles. The number of rotatable bonds is 7. The SMILES string of the molecule is CC[C@H](C)[C@@H](N)CN(C)CCc1ccccc1. The molecule has 0 aromatic heterocycles. The summed E-state index contributed by atoms with van der Waals surface area (Å²) in [5.74, 6) is 0.606. The Hall–Kier alpha value is -0.860. The fourth-order valence-corrected chi connectivity index (χ4v) is 1.90. The summed E-state index contributed by atoms with van der Waals surface area (Å²) >= 11 is 0. The average molecular weight is 234 g/mol. The van der Waals surface area contributed by atoms with Gasteiger partial charge in [0.1, 0.15) is 0 Å². The van der Waals surface area contributed by atoms with Crippen LogP contribution < -0.4 is 5.73 Å². The average Bonchev–Trinajstić information content (AvgIpc) is 2.36. The van der Waals surface area contributed by atoms with Crippen molar-refractivity contribution >= 4 is 0 Å². The van der Waals surface area contributed by atoms with Crippen LogP contribution in [-0.4, -0.2) is 31.1 Å². The molecule has 0 amide bonds. The van der Waals surface area contributed by atoms with Gasteiger partial charge in [-0.3, -0.25) is 0 Å². The van der Waals surface area contributed by atoms with Crippen molar-refractivity contribution in [1.82, 2.24) is 4.90 Å². The van der Waals surface area contributed by atoms with Crippen molar-refractivity contribution < 1.29 is 0 Å². The van der Waals surface area contributed by atoms with Crippen molar-refractivity contribution in [2.24, 2.45) is 11.7 Å². The Morgan fingerprint density at radius 3 is 2.47 bits per heavy atom. The Bertz CT molecular complexity index is 297. The number of nitrogens with zero attached hydrogens (tertiary/aromatic N) is 1. The van der Waals surface area contributed by atoms with Gasteiger partial charge in [0.05, 0.1) is 0 Å². The maximum absolute atomic E-state index is 6.16. The summed E-state index contributed by atoms with van der Waals surface area (Å²) in [6.45, 7) is 6.50. The number of nitrogens with two attached hydrogens (primary N) is 1. The molecular weight excluding hydrogens is 208 g/mol. The molecule has 2 heteroatoms. The zero-order valence-electron chi connectivity index (χ0n) is 11.4. The molecule has 0 aliphatic heterocycles. The molecular formula is C15H26N2. The zero-order chi connectivity index (χ0) is 12.7. The second-order valence-electron chi connectivity index (χ2n) is 5.05. The highest BCUT2D eigenvalue weighted by Crippen LogP contribution is 2.07. The first kappa shape index (κ1) is 14.2. The van der Waals surface area contributed by atoms with Gasteiger partial charge in [-0.1, -0.05) is 50.6 Å². The normalized spacial score (nSPS) is 14.9. The van der Waals surface area contributed by atoms with Crippen LogP contribution in [0.1, 0.15) is 25.8 Å². The number of benzene rings is 1. The molecule has 0 fully saturated rings. The van der Waals surface area contributed by atoms with Crippen molar-refractivity contribution in [3.8, 4) is 0 Å². The minimum atomic E-state index is 0.292. The molecule has 0 saturated heterocycles. The maximum atomic E-state index is 6.16. The summed E-state index contributed by atoms with van der Waals surface area (Å²) in [6, 6.07) is 10.9. The zero-order valence-corrected chi connectivity index (χ0v) is 11.4. The molecule has 1 aromatic rings. The van der Waals surface area contributed by atoms with E-state index in [-0.39, 0.29) is 0 Å². The lowest BCUT2D eigenvalue weighted by Gasteiger charge is -2.25. The first-order valence-electron chi connectivity index (χ1n) is 6.61. The van der Waals surface area contributed by atoms with E-state index in [0.29, 0.717) is 12.0 Å². The molecule has 0 spiro atoms. The summed E-state index contributed by atoms with van der Waals surface area (Å²) < 4.78 is 0. The topological polar surface area (TPSA) is 29.3 Å². The predicted molar refractivity (Wildman–Crippen MR) is 75.1 cm³/mol. The van der Waals surface area contributed by atoms with Gasteiger partial charge in [-0.15, -0.1) is 0 Å². The minimum Gasteiger partial charge on any atom is -0.326 e. The van der Waals surface area contributed by atoms with Crippen LogP contribution in [0.3, 0.4) is 0 Å². The van der Waals surface area contributed by atoms with Gasteiger partial charge >= 0.3 is 0 Å². The monoisotopic (exact) mass is 234 g/mol. The van der Waals surface area contributed by atoms with Gasteiger partial charge in [-0.25, -0.2) is 0 Å². The third-order valence-electron chi connectivity index (χ3n) is 3.52. The molecule has 0 aliphatic carbocycles. The van der Waals surface area contributed by atoms with Gasteiger partial charge in [-0.2, -0.15) is 0 Å². The summed E-state index contributed by atoms with van der Waals surface area (Å²) in [5, 5.41) is 0. The lowest BCUT2D eigenvalue weighted by Crippen LogP contribution is -2.40. The van der Waals surface area contributed by atoms with E-state index in [1.54, 1.807) is 0 Å². The van der Waals surface area contributed by atoms with Crippen molar-refractivity contribution in [1.29, 1.82) is 0 Å². The number of hydrogen-bond donors (Lipinski definition) is 1. The predicted octanol–water partition coefficient (Wildman–Crippen LogP) is 2.53. The van der Waals surface area contributed by atoms with Crippen LogP contribution >= 0.6 is 0 Å². The second kappa shape index (κ2) is 7.46. The number of hydrogen-bond acceptors (Lipinski definition) is 2. The largest absolute Gasteiger partial charge is 0.326 e. The van der Waals surface area contributed by atoms with E-state index >= 15 is 0 Å². The fourth-order valence-electron chi connectivity index (χ4n) is 1.90. The van der Waals surface area contributed by atoms with E-state index in [0.717, 1.165) is 25.9 Å². The molecule has 96 valence electrons. The number of likely N-dealkylation sites (N-methyl/N-ethyl adjacent to an activating group) is 1. The molecule has 1 rings (SSSR count). The molecule has 0 aliphatic rings. The summed E-state index contributed by atoms with van der Waals surface area (Å²) in [5.41, 5.74) is 7.56. The van der Waals surface area contributed by atoms with Gasteiger partial charge < -0.3 is 10.6 Å². The Kier molecular flexibility index (Phi) is 6.23. The smallest absolute Gasteiger partial charge is 0.0193 e. The molecule has 0 saturated carbocycles. The molecule has 2 atom stereocenters. The molecule has 2 nitrogen and oxygen atoms in total.